The van der Waals surface area contributed by atoms with Crippen LogP contribution in [0.3, 0.4) is 0 Å². The second kappa shape index (κ2) is 11.3. The van der Waals surface area contributed by atoms with E-state index in [-0.39, 0.29) is 17.9 Å². The molecule has 3 N–H and O–H groups in total. The molecule has 1 aromatic rings. The van der Waals surface area contributed by atoms with Crippen molar-refractivity contribution in [3.8, 4) is 0 Å². The van der Waals surface area contributed by atoms with Crippen LogP contribution >= 0.6 is 0 Å². The third-order valence-corrected chi connectivity index (χ3v) is 5.17. The van der Waals surface area contributed by atoms with E-state index < -0.39 is 29.6 Å². The van der Waals surface area contributed by atoms with Crippen LogP contribution in [0.25, 0.3) is 0 Å². The van der Waals surface area contributed by atoms with E-state index in [4.69, 9.17) is 4.74 Å². The zero-order valence-electron chi connectivity index (χ0n) is 19.4. The topological polar surface area (TPSA) is 96.5 Å². The van der Waals surface area contributed by atoms with Gasteiger partial charge in [-0.2, -0.15) is 0 Å². The summed E-state index contributed by atoms with van der Waals surface area (Å²) in [5, 5.41) is 8.93. The van der Waals surface area contributed by atoms with Gasteiger partial charge in [0.15, 0.2) is 0 Å². The number of hydrogen-bond donors (Lipinski definition) is 3. The van der Waals surface area contributed by atoms with Crippen LogP contribution in [0, 0.1) is 5.92 Å². The van der Waals surface area contributed by atoms with Crippen LogP contribution in [0.1, 0.15) is 59.4 Å². The van der Waals surface area contributed by atoms with Crippen molar-refractivity contribution in [2.75, 3.05) is 6.54 Å². The molecule has 1 aliphatic rings. The summed E-state index contributed by atoms with van der Waals surface area (Å²) in [5.74, 6) is -1.21. The molecule has 0 saturated carbocycles. The number of benzene rings is 1. The Hall–Kier alpha value is -2.41. The van der Waals surface area contributed by atoms with Crippen LogP contribution in [0.4, 0.5) is 0 Å². The predicted octanol–water partition coefficient (Wildman–Crippen LogP) is 2.34. The number of piperidine rings is 1. The maximum atomic E-state index is 13.2. The molecule has 1 aliphatic heterocycles. The molecule has 0 aliphatic carbocycles. The molecule has 1 heterocycles. The van der Waals surface area contributed by atoms with Crippen molar-refractivity contribution in [1.82, 2.24) is 16.0 Å². The Bertz CT molecular complexity index is 737. The van der Waals surface area contributed by atoms with Gasteiger partial charge in [-0.05, 0) is 51.6 Å². The Morgan fingerprint density at radius 2 is 1.77 bits per heavy atom. The molecule has 7 heteroatoms. The molecule has 0 radical (unpaired) electrons. The average molecular weight is 432 g/mol. The summed E-state index contributed by atoms with van der Waals surface area (Å²) in [6.45, 7) is 9.87. The average Bonchev–Trinajstić information content (AvgIpc) is 2.71. The molecule has 2 rings (SSSR count). The van der Waals surface area contributed by atoms with Crippen molar-refractivity contribution in [2.24, 2.45) is 5.92 Å². The van der Waals surface area contributed by atoms with E-state index in [1.807, 2.05) is 44.2 Å². The maximum absolute atomic E-state index is 13.2. The van der Waals surface area contributed by atoms with E-state index in [0.29, 0.717) is 6.42 Å². The minimum Gasteiger partial charge on any atom is -0.458 e. The van der Waals surface area contributed by atoms with E-state index >= 15 is 0 Å². The van der Waals surface area contributed by atoms with Gasteiger partial charge in [-0.15, -0.1) is 0 Å². The Morgan fingerprint density at radius 1 is 1.10 bits per heavy atom. The van der Waals surface area contributed by atoms with Crippen molar-refractivity contribution >= 4 is 17.8 Å². The van der Waals surface area contributed by atoms with Gasteiger partial charge in [-0.3, -0.25) is 9.59 Å². The standard InChI is InChI=1S/C24H37N3O4/c1-16(2)20(23(30)31-24(3,4)5)27-22(29)19(15-17-11-7-6-8-12-17)26-21(28)18-13-9-10-14-25-18/h6-8,11-12,16,18-20,25H,9-10,13-15H2,1-5H3,(H,26,28)(H,27,29)/t18-,19-,20-/m0/s1. The Kier molecular flexibility index (Phi) is 9.04. The molecule has 1 fully saturated rings. The molecule has 0 bridgehead atoms. The molecule has 1 saturated heterocycles. The lowest BCUT2D eigenvalue weighted by atomic mass is 10.00. The number of carbonyl (C=O) groups excluding carboxylic acids is 3. The number of ether oxygens (including phenoxy) is 1. The summed E-state index contributed by atoms with van der Waals surface area (Å²) in [4.78, 5) is 38.6. The highest BCUT2D eigenvalue weighted by Crippen LogP contribution is 2.14. The first-order chi connectivity index (χ1) is 14.6. The van der Waals surface area contributed by atoms with E-state index in [1.165, 1.54) is 0 Å². The minimum absolute atomic E-state index is 0.160. The van der Waals surface area contributed by atoms with Gasteiger partial charge in [0, 0.05) is 6.42 Å². The molecule has 0 aromatic heterocycles. The molecule has 172 valence electrons. The van der Waals surface area contributed by atoms with Gasteiger partial charge >= 0.3 is 5.97 Å². The fourth-order valence-electron chi connectivity index (χ4n) is 3.52. The molecular formula is C24H37N3O4. The molecule has 0 spiro atoms. The van der Waals surface area contributed by atoms with Crippen LogP contribution in [0.5, 0.6) is 0 Å². The highest BCUT2D eigenvalue weighted by Gasteiger charge is 2.33. The SMILES string of the molecule is CC(C)[C@H](NC(=O)[C@H](Cc1ccccc1)NC(=O)[C@@H]1CCCCN1)C(=O)OC(C)(C)C. The summed E-state index contributed by atoms with van der Waals surface area (Å²) in [6.07, 6.45) is 3.11. The van der Waals surface area contributed by atoms with Gasteiger partial charge in [0.1, 0.15) is 17.7 Å². The number of rotatable bonds is 8. The highest BCUT2D eigenvalue weighted by molar-refractivity contribution is 5.92. The second-order valence-electron chi connectivity index (χ2n) is 9.52. The smallest absolute Gasteiger partial charge is 0.329 e. The van der Waals surface area contributed by atoms with Crippen LogP contribution in [0.15, 0.2) is 30.3 Å². The Morgan fingerprint density at radius 3 is 2.32 bits per heavy atom. The zero-order chi connectivity index (χ0) is 23.0. The van der Waals surface area contributed by atoms with E-state index in [0.717, 1.165) is 31.4 Å². The molecule has 0 unspecified atom stereocenters. The van der Waals surface area contributed by atoms with Gasteiger partial charge in [0.05, 0.1) is 6.04 Å². The fourth-order valence-corrected chi connectivity index (χ4v) is 3.52. The normalized spacial score (nSPS) is 18.7. The zero-order valence-corrected chi connectivity index (χ0v) is 19.4. The van der Waals surface area contributed by atoms with Crippen LogP contribution in [0.2, 0.25) is 0 Å². The van der Waals surface area contributed by atoms with Gasteiger partial charge in [-0.1, -0.05) is 50.6 Å². The Balaban J connectivity index is 2.15. The van der Waals surface area contributed by atoms with Gasteiger partial charge < -0.3 is 20.7 Å². The van der Waals surface area contributed by atoms with Crippen molar-refractivity contribution in [3.05, 3.63) is 35.9 Å². The molecular weight excluding hydrogens is 394 g/mol. The molecule has 3 atom stereocenters. The fraction of sp³-hybridized carbons (Fsp3) is 0.625. The van der Waals surface area contributed by atoms with Gasteiger partial charge in [-0.25, -0.2) is 4.79 Å². The summed E-state index contributed by atoms with van der Waals surface area (Å²) in [5.41, 5.74) is 0.275. The second-order valence-corrected chi connectivity index (χ2v) is 9.52. The number of carbonyl (C=O) groups is 3. The first-order valence-corrected chi connectivity index (χ1v) is 11.2. The van der Waals surface area contributed by atoms with Gasteiger partial charge in [0.2, 0.25) is 11.8 Å². The van der Waals surface area contributed by atoms with Gasteiger partial charge in [0.25, 0.3) is 0 Å². The molecule has 7 nitrogen and oxygen atoms in total. The molecule has 1 aromatic carbocycles. The first-order valence-electron chi connectivity index (χ1n) is 11.2. The summed E-state index contributed by atoms with van der Waals surface area (Å²) >= 11 is 0. The van der Waals surface area contributed by atoms with Crippen LogP contribution in [-0.4, -0.2) is 48.1 Å². The van der Waals surface area contributed by atoms with Crippen molar-refractivity contribution in [3.63, 3.8) is 0 Å². The maximum Gasteiger partial charge on any atom is 0.329 e. The van der Waals surface area contributed by atoms with Crippen molar-refractivity contribution < 1.29 is 19.1 Å². The number of amides is 2. The summed E-state index contributed by atoms with van der Waals surface area (Å²) in [6, 6.07) is 7.64. The van der Waals surface area contributed by atoms with Crippen LogP contribution in [-0.2, 0) is 25.5 Å². The third-order valence-electron chi connectivity index (χ3n) is 5.17. The van der Waals surface area contributed by atoms with E-state index in [2.05, 4.69) is 16.0 Å². The Labute approximate surface area is 185 Å². The summed E-state index contributed by atoms with van der Waals surface area (Å²) in [7, 11) is 0. The van der Waals surface area contributed by atoms with Crippen molar-refractivity contribution in [1.29, 1.82) is 0 Å². The lowest BCUT2D eigenvalue weighted by molar-refractivity contribution is -0.160. The minimum atomic E-state index is -0.797. The number of nitrogens with one attached hydrogen (secondary N) is 3. The lowest BCUT2D eigenvalue weighted by Gasteiger charge is -2.29. The predicted molar refractivity (Wildman–Crippen MR) is 120 cm³/mol. The first kappa shape index (κ1) is 24.9. The number of esters is 1. The molecule has 2 amide bonds. The summed E-state index contributed by atoms with van der Waals surface area (Å²) < 4.78 is 5.49. The lowest BCUT2D eigenvalue weighted by Crippen LogP contribution is -2.57. The highest BCUT2D eigenvalue weighted by atomic mass is 16.6. The molecule has 31 heavy (non-hydrogen) atoms. The van der Waals surface area contributed by atoms with Crippen LogP contribution < -0.4 is 16.0 Å². The number of hydrogen-bond acceptors (Lipinski definition) is 5. The van der Waals surface area contributed by atoms with Crippen molar-refractivity contribution in [2.45, 2.75) is 84.0 Å². The third kappa shape index (κ3) is 8.32. The quantitative estimate of drug-likeness (QED) is 0.549. The van der Waals surface area contributed by atoms with E-state index in [9.17, 15) is 14.4 Å². The van der Waals surface area contributed by atoms with E-state index in [1.54, 1.807) is 20.8 Å². The largest absolute Gasteiger partial charge is 0.458 e. The monoisotopic (exact) mass is 431 g/mol.